The fourth-order valence-electron chi connectivity index (χ4n) is 3.54. The number of imidazole rings is 1. The zero-order valence-electron chi connectivity index (χ0n) is 21.5. The minimum absolute atomic E-state index is 0.0282. The second-order valence-corrected chi connectivity index (χ2v) is 9.90. The van der Waals surface area contributed by atoms with Gasteiger partial charge in [0.25, 0.3) is 0 Å². The Balaban J connectivity index is 0.000000247. The molecule has 3 amide bonds. The molecule has 1 aliphatic heterocycles. The fraction of sp³-hybridized carbons (Fsp3) is 0.538. The largest absolute Gasteiger partial charge is 0.375 e. The van der Waals surface area contributed by atoms with Gasteiger partial charge < -0.3 is 24.8 Å². The van der Waals surface area contributed by atoms with Crippen molar-refractivity contribution in [2.75, 3.05) is 18.5 Å². The summed E-state index contributed by atoms with van der Waals surface area (Å²) in [6, 6.07) is 10.4. The first-order valence-electron chi connectivity index (χ1n) is 12.0. The maximum Gasteiger partial charge on any atom is 0.242 e. The second-order valence-electron chi connectivity index (χ2n) is 9.90. The Labute approximate surface area is 208 Å². The zero-order chi connectivity index (χ0) is 25.8. The summed E-state index contributed by atoms with van der Waals surface area (Å²) in [5, 5.41) is 5.38. The number of aromatic nitrogens is 2. The third kappa shape index (κ3) is 9.90. The molecule has 1 saturated heterocycles. The van der Waals surface area contributed by atoms with E-state index < -0.39 is 0 Å². The van der Waals surface area contributed by atoms with Crippen molar-refractivity contribution in [1.82, 2.24) is 19.8 Å². The number of amides is 3. The molecule has 9 nitrogen and oxygen atoms in total. The molecular formula is C26H39N5O4. The molecule has 9 heteroatoms. The minimum Gasteiger partial charge on any atom is -0.375 e. The van der Waals surface area contributed by atoms with Gasteiger partial charge in [0.2, 0.25) is 18.2 Å². The van der Waals surface area contributed by atoms with Crippen LogP contribution in [-0.4, -0.2) is 57.9 Å². The first-order valence-corrected chi connectivity index (χ1v) is 12.0. The molecule has 0 radical (unpaired) electrons. The number of anilines is 1. The predicted molar refractivity (Wildman–Crippen MR) is 135 cm³/mol. The molecule has 2 atom stereocenters. The van der Waals surface area contributed by atoms with Crippen molar-refractivity contribution in [1.29, 1.82) is 0 Å². The van der Waals surface area contributed by atoms with Gasteiger partial charge in [0.1, 0.15) is 6.54 Å². The zero-order valence-corrected chi connectivity index (χ0v) is 21.5. The summed E-state index contributed by atoms with van der Waals surface area (Å²) in [5.74, 6) is 0.616. The molecule has 0 unspecified atom stereocenters. The molecule has 1 aliphatic rings. The van der Waals surface area contributed by atoms with Gasteiger partial charge in [-0.05, 0) is 32.3 Å². The second kappa shape index (κ2) is 13.6. The van der Waals surface area contributed by atoms with Crippen LogP contribution >= 0.6 is 0 Å². The van der Waals surface area contributed by atoms with Gasteiger partial charge in [-0.1, -0.05) is 51.1 Å². The standard InChI is InChI=1S/C15H23NO2.C11H16N4O2/c1-12(16-14(17)15(2,3)4)10-18-11-13-8-6-5-7-9-13;1-9-3-2-4-15(9)11(17)6-14-5-10(12-7-14)13-8-16/h5-9,12H,10-11H2,1-4H3,(H,16,17);5,7-9H,2-4,6H2,1H3,(H,13,16)/t12-;9-/m01/s1. The number of carbonyl (C=O) groups excluding carboxylic acids is 3. The number of nitrogens with one attached hydrogen (secondary N) is 2. The smallest absolute Gasteiger partial charge is 0.242 e. The molecule has 1 fully saturated rings. The normalized spacial score (nSPS) is 16.1. The molecule has 1 aromatic carbocycles. The summed E-state index contributed by atoms with van der Waals surface area (Å²) < 4.78 is 7.26. The monoisotopic (exact) mass is 485 g/mol. The van der Waals surface area contributed by atoms with Gasteiger partial charge >= 0.3 is 0 Å². The SMILES string of the molecule is C[C@@H](COCc1ccccc1)NC(=O)C(C)(C)C.C[C@@H]1CCCN1C(=O)Cn1cnc(NC=O)c1. The van der Waals surface area contributed by atoms with E-state index in [1.165, 1.54) is 0 Å². The van der Waals surface area contributed by atoms with E-state index in [-0.39, 0.29) is 29.8 Å². The lowest BCUT2D eigenvalue weighted by Crippen LogP contribution is -2.42. The van der Waals surface area contributed by atoms with E-state index in [1.54, 1.807) is 17.1 Å². The van der Waals surface area contributed by atoms with Crippen LogP contribution in [0.5, 0.6) is 0 Å². The van der Waals surface area contributed by atoms with Crippen LogP contribution in [0.1, 0.15) is 53.0 Å². The van der Waals surface area contributed by atoms with Crippen LogP contribution in [0.4, 0.5) is 5.82 Å². The van der Waals surface area contributed by atoms with E-state index in [2.05, 4.69) is 22.5 Å². The number of hydrogen-bond acceptors (Lipinski definition) is 5. The van der Waals surface area contributed by atoms with Gasteiger partial charge in [0.15, 0.2) is 5.82 Å². The third-order valence-corrected chi connectivity index (χ3v) is 5.57. The summed E-state index contributed by atoms with van der Waals surface area (Å²) in [5.41, 5.74) is 0.792. The molecule has 0 aliphatic carbocycles. The van der Waals surface area contributed by atoms with Crippen molar-refractivity contribution in [2.24, 2.45) is 5.41 Å². The average Bonchev–Trinajstić information content (AvgIpc) is 3.43. The highest BCUT2D eigenvalue weighted by Crippen LogP contribution is 2.17. The van der Waals surface area contributed by atoms with Crippen LogP contribution in [-0.2, 0) is 32.3 Å². The van der Waals surface area contributed by atoms with Crippen molar-refractivity contribution in [3.05, 3.63) is 48.4 Å². The van der Waals surface area contributed by atoms with E-state index in [1.807, 2.05) is 62.9 Å². The van der Waals surface area contributed by atoms with Crippen LogP contribution in [0.2, 0.25) is 0 Å². The Morgan fingerprint density at radius 2 is 1.97 bits per heavy atom. The molecule has 0 saturated carbocycles. The summed E-state index contributed by atoms with van der Waals surface area (Å²) in [6.45, 7) is 12.0. The summed E-state index contributed by atoms with van der Waals surface area (Å²) >= 11 is 0. The molecule has 2 heterocycles. The molecule has 35 heavy (non-hydrogen) atoms. The first kappa shape index (κ1) is 28.0. The van der Waals surface area contributed by atoms with Crippen LogP contribution in [0.25, 0.3) is 0 Å². The lowest BCUT2D eigenvalue weighted by Gasteiger charge is -2.21. The number of carbonyl (C=O) groups is 3. The lowest BCUT2D eigenvalue weighted by molar-refractivity contribution is -0.132. The van der Waals surface area contributed by atoms with Crippen molar-refractivity contribution in [3.63, 3.8) is 0 Å². The fourth-order valence-corrected chi connectivity index (χ4v) is 3.54. The van der Waals surface area contributed by atoms with E-state index in [9.17, 15) is 14.4 Å². The maximum absolute atomic E-state index is 12.0. The number of benzene rings is 1. The average molecular weight is 486 g/mol. The van der Waals surface area contributed by atoms with Gasteiger partial charge in [-0.25, -0.2) is 4.98 Å². The molecule has 2 N–H and O–H groups in total. The van der Waals surface area contributed by atoms with E-state index in [4.69, 9.17) is 4.74 Å². The van der Waals surface area contributed by atoms with Gasteiger partial charge in [-0.15, -0.1) is 0 Å². The molecule has 2 aromatic rings. The van der Waals surface area contributed by atoms with Gasteiger partial charge in [-0.2, -0.15) is 0 Å². The summed E-state index contributed by atoms with van der Waals surface area (Å²) in [4.78, 5) is 39.8. The van der Waals surface area contributed by atoms with Crippen molar-refractivity contribution < 1.29 is 19.1 Å². The van der Waals surface area contributed by atoms with E-state index >= 15 is 0 Å². The number of hydrogen-bond donors (Lipinski definition) is 2. The van der Waals surface area contributed by atoms with Crippen LogP contribution < -0.4 is 10.6 Å². The molecule has 0 bridgehead atoms. The summed E-state index contributed by atoms with van der Waals surface area (Å²) in [6.07, 6.45) is 5.91. The van der Waals surface area contributed by atoms with Crippen LogP contribution in [0.3, 0.4) is 0 Å². The number of rotatable bonds is 9. The van der Waals surface area contributed by atoms with E-state index in [0.717, 1.165) is 24.9 Å². The van der Waals surface area contributed by atoms with Crippen LogP contribution in [0.15, 0.2) is 42.9 Å². The maximum atomic E-state index is 12.0. The Hall–Kier alpha value is -3.20. The van der Waals surface area contributed by atoms with Gasteiger partial charge in [-0.3, -0.25) is 14.4 Å². The lowest BCUT2D eigenvalue weighted by atomic mass is 9.95. The Morgan fingerprint density at radius 3 is 2.57 bits per heavy atom. The topological polar surface area (TPSA) is 106 Å². The molecule has 192 valence electrons. The van der Waals surface area contributed by atoms with Crippen molar-refractivity contribution in [2.45, 2.75) is 72.7 Å². The molecule has 0 spiro atoms. The third-order valence-electron chi connectivity index (χ3n) is 5.57. The van der Waals surface area contributed by atoms with Crippen LogP contribution in [0, 0.1) is 5.41 Å². The Bertz CT molecular complexity index is 939. The predicted octanol–water partition coefficient (Wildman–Crippen LogP) is 3.22. The number of likely N-dealkylation sites (tertiary alicyclic amines) is 1. The van der Waals surface area contributed by atoms with Crippen molar-refractivity contribution in [3.8, 4) is 0 Å². The number of nitrogens with zero attached hydrogens (tertiary/aromatic N) is 3. The molecular weight excluding hydrogens is 446 g/mol. The quantitative estimate of drug-likeness (QED) is 0.531. The highest BCUT2D eigenvalue weighted by molar-refractivity contribution is 5.81. The first-order chi connectivity index (χ1) is 16.6. The van der Waals surface area contributed by atoms with Crippen molar-refractivity contribution >= 4 is 24.0 Å². The van der Waals surface area contributed by atoms with Gasteiger partial charge in [0.05, 0.1) is 19.5 Å². The highest BCUT2D eigenvalue weighted by Gasteiger charge is 2.25. The number of ether oxygens (including phenoxy) is 1. The molecule has 3 rings (SSSR count). The molecule has 1 aromatic heterocycles. The van der Waals surface area contributed by atoms with Gasteiger partial charge in [0, 0.05) is 30.2 Å². The van der Waals surface area contributed by atoms with E-state index in [0.29, 0.717) is 31.5 Å². The Kier molecular flexibility index (Phi) is 10.9. The highest BCUT2D eigenvalue weighted by atomic mass is 16.5. The Morgan fingerprint density at radius 1 is 1.26 bits per heavy atom. The summed E-state index contributed by atoms with van der Waals surface area (Å²) in [7, 11) is 0. The minimum atomic E-state index is -0.353.